The molecule has 2 aromatic carbocycles. The van der Waals surface area contributed by atoms with Crippen LogP contribution < -0.4 is 9.64 Å². The summed E-state index contributed by atoms with van der Waals surface area (Å²) >= 11 is 0. The van der Waals surface area contributed by atoms with Crippen LogP contribution in [0.5, 0.6) is 5.75 Å². The zero-order valence-electron chi connectivity index (χ0n) is 27.2. The first-order chi connectivity index (χ1) is 20.8. The van der Waals surface area contributed by atoms with Crippen molar-refractivity contribution in [1.82, 2.24) is 4.98 Å². The van der Waals surface area contributed by atoms with E-state index in [0.717, 1.165) is 54.0 Å². The van der Waals surface area contributed by atoms with E-state index in [4.69, 9.17) is 19.2 Å². The van der Waals surface area contributed by atoms with Gasteiger partial charge in [0.2, 0.25) is 0 Å². The minimum absolute atomic E-state index is 0.202. The molecule has 7 nitrogen and oxygen atoms in total. The second-order valence-corrected chi connectivity index (χ2v) is 13.3. The molecule has 44 heavy (non-hydrogen) atoms. The third-order valence-corrected chi connectivity index (χ3v) is 8.02. The fourth-order valence-electron chi connectivity index (χ4n) is 5.59. The Morgan fingerprint density at radius 1 is 1.07 bits per heavy atom. The van der Waals surface area contributed by atoms with Crippen LogP contribution in [0.2, 0.25) is 0 Å². The van der Waals surface area contributed by atoms with Gasteiger partial charge < -0.3 is 24.2 Å². The number of aromatic nitrogens is 1. The van der Waals surface area contributed by atoms with Crippen molar-refractivity contribution < 1.29 is 28.5 Å². The largest absolute Gasteiger partial charge is 0.493 e. The van der Waals surface area contributed by atoms with Crippen LogP contribution in [0, 0.1) is 18.2 Å². The lowest BCUT2D eigenvalue weighted by Crippen LogP contribution is -2.39. The number of anilines is 1. The lowest BCUT2D eigenvalue weighted by atomic mass is 9.81. The van der Waals surface area contributed by atoms with Crippen molar-refractivity contribution in [2.45, 2.75) is 86.0 Å². The number of halogens is 1. The van der Waals surface area contributed by atoms with Crippen LogP contribution in [0.25, 0.3) is 11.1 Å². The van der Waals surface area contributed by atoms with E-state index in [2.05, 4.69) is 18.7 Å². The van der Waals surface area contributed by atoms with E-state index in [-0.39, 0.29) is 11.2 Å². The van der Waals surface area contributed by atoms with Crippen molar-refractivity contribution in [3.05, 3.63) is 76.9 Å². The number of pyridine rings is 1. The molecule has 0 radical (unpaired) electrons. The van der Waals surface area contributed by atoms with E-state index in [1.54, 1.807) is 12.1 Å². The number of benzene rings is 2. The van der Waals surface area contributed by atoms with Gasteiger partial charge in [-0.1, -0.05) is 38.1 Å². The number of ether oxygens (including phenoxy) is 3. The fourth-order valence-corrected chi connectivity index (χ4v) is 5.59. The number of hydrogen-bond donors (Lipinski definition) is 1. The molecule has 1 fully saturated rings. The monoisotopic (exact) mass is 606 g/mol. The Labute approximate surface area is 261 Å². The van der Waals surface area contributed by atoms with Gasteiger partial charge in [0.05, 0.1) is 30.2 Å². The first-order valence-corrected chi connectivity index (χ1v) is 15.5. The summed E-state index contributed by atoms with van der Waals surface area (Å²) in [5.74, 6) is -0.588. The quantitative estimate of drug-likeness (QED) is 0.224. The van der Waals surface area contributed by atoms with Crippen molar-refractivity contribution in [3.8, 4) is 16.9 Å². The summed E-state index contributed by atoms with van der Waals surface area (Å²) < 4.78 is 31.4. The summed E-state index contributed by atoms with van der Waals surface area (Å²) in [6, 6.07) is 14.3. The molecule has 238 valence electrons. The van der Waals surface area contributed by atoms with Gasteiger partial charge in [-0.15, -0.1) is 0 Å². The normalized spacial score (nSPS) is 15.7. The average molecular weight is 607 g/mol. The van der Waals surface area contributed by atoms with Gasteiger partial charge in [-0.25, -0.2) is 9.18 Å². The lowest BCUT2D eigenvalue weighted by Gasteiger charge is -2.41. The maximum atomic E-state index is 13.3. The van der Waals surface area contributed by atoms with Gasteiger partial charge in [0.25, 0.3) is 0 Å². The molecule has 1 unspecified atom stereocenters. The summed E-state index contributed by atoms with van der Waals surface area (Å²) in [6.45, 7) is 16.8. The summed E-state index contributed by atoms with van der Waals surface area (Å²) in [5.41, 5.74) is 5.10. The summed E-state index contributed by atoms with van der Waals surface area (Å²) in [5, 5.41) is 10.5. The number of nitrogens with zero attached hydrogens (tertiary/aromatic N) is 2. The number of carboxylic acids is 1. The van der Waals surface area contributed by atoms with E-state index in [1.165, 1.54) is 12.1 Å². The third-order valence-electron chi connectivity index (χ3n) is 8.02. The van der Waals surface area contributed by atoms with Crippen molar-refractivity contribution in [2.24, 2.45) is 5.41 Å². The molecule has 1 atom stereocenters. The van der Waals surface area contributed by atoms with Crippen LogP contribution in [0.1, 0.15) is 83.0 Å². The summed E-state index contributed by atoms with van der Waals surface area (Å²) in [7, 11) is 0. The number of aryl methyl sites for hydroxylation is 1. The van der Waals surface area contributed by atoms with E-state index >= 15 is 0 Å². The Morgan fingerprint density at radius 3 is 2.27 bits per heavy atom. The molecule has 0 spiro atoms. The molecular formula is C36H47FN2O5. The molecule has 1 aliphatic heterocycles. The van der Waals surface area contributed by atoms with Crippen molar-refractivity contribution in [3.63, 3.8) is 0 Å². The van der Waals surface area contributed by atoms with Gasteiger partial charge in [0, 0.05) is 42.9 Å². The average Bonchev–Trinajstić information content (AvgIpc) is 2.96. The molecular weight excluding hydrogens is 559 g/mol. The van der Waals surface area contributed by atoms with Crippen molar-refractivity contribution in [1.29, 1.82) is 0 Å². The van der Waals surface area contributed by atoms with Gasteiger partial charge >= 0.3 is 5.97 Å². The maximum Gasteiger partial charge on any atom is 0.337 e. The smallest absolute Gasteiger partial charge is 0.337 e. The minimum atomic E-state index is -1.19. The van der Waals surface area contributed by atoms with E-state index in [1.807, 2.05) is 58.9 Å². The van der Waals surface area contributed by atoms with E-state index in [0.29, 0.717) is 43.2 Å². The van der Waals surface area contributed by atoms with Gasteiger partial charge in [0.15, 0.2) is 6.10 Å². The molecule has 0 saturated carbocycles. The lowest BCUT2D eigenvalue weighted by molar-refractivity contribution is -0.160. The standard InChI is InChI=1S/C36H47FN2O5/c1-8-42-23-29-31(26-11-15-28(16-12-26)43-22-17-25-9-13-27(37)14-10-25)32(39-20-18-36(6,7)19-21-39)30(24(2)38-29)33(34(40)41)44-35(3,4)5/h9-16,33H,8,17-23H2,1-7H3,(H,40,41). The molecule has 2 heterocycles. The zero-order chi connectivity index (χ0) is 32.1. The molecule has 8 heteroatoms. The van der Waals surface area contributed by atoms with Crippen LogP contribution in [-0.4, -0.2) is 48.0 Å². The minimum Gasteiger partial charge on any atom is -0.493 e. The Hall–Kier alpha value is -3.49. The second kappa shape index (κ2) is 14.1. The highest BCUT2D eigenvalue weighted by atomic mass is 19.1. The van der Waals surface area contributed by atoms with Gasteiger partial charge in [-0.3, -0.25) is 4.98 Å². The van der Waals surface area contributed by atoms with Crippen LogP contribution in [0.3, 0.4) is 0 Å². The predicted octanol–water partition coefficient (Wildman–Crippen LogP) is 7.92. The Balaban J connectivity index is 1.79. The molecule has 1 aliphatic rings. The van der Waals surface area contributed by atoms with Gasteiger partial charge in [-0.2, -0.15) is 0 Å². The first-order valence-electron chi connectivity index (χ1n) is 15.5. The Morgan fingerprint density at radius 2 is 1.70 bits per heavy atom. The van der Waals surface area contributed by atoms with Crippen LogP contribution in [-0.2, 0) is 27.3 Å². The molecule has 1 saturated heterocycles. The maximum absolute atomic E-state index is 13.3. The highest BCUT2D eigenvalue weighted by Gasteiger charge is 2.37. The van der Waals surface area contributed by atoms with E-state index < -0.39 is 17.7 Å². The number of aliphatic carboxylic acids is 1. The number of carboxylic acid groups (broad SMARTS) is 1. The van der Waals surface area contributed by atoms with E-state index in [9.17, 15) is 14.3 Å². The van der Waals surface area contributed by atoms with Gasteiger partial charge in [-0.05, 0) is 88.3 Å². The number of carbonyl (C=O) groups is 1. The Bertz CT molecular complexity index is 1400. The molecule has 4 rings (SSSR count). The molecule has 1 aromatic heterocycles. The fraction of sp³-hybridized carbons (Fsp3) is 0.500. The summed E-state index contributed by atoms with van der Waals surface area (Å²) in [4.78, 5) is 20.1. The second-order valence-electron chi connectivity index (χ2n) is 13.3. The first kappa shape index (κ1) is 33.4. The molecule has 0 aliphatic carbocycles. The predicted molar refractivity (Wildman–Crippen MR) is 172 cm³/mol. The number of rotatable bonds is 12. The SMILES string of the molecule is CCOCc1nc(C)c(C(OC(C)(C)C)C(=O)O)c(N2CCC(C)(C)CC2)c1-c1ccc(OCCc2ccc(F)cc2)cc1. The molecule has 1 N–H and O–H groups in total. The Kier molecular flexibility index (Phi) is 10.7. The third kappa shape index (κ3) is 8.57. The van der Waals surface area contributed by atoms with Crippen LogP contribution >= 0.6 is 0 Å². The molecule has 0 bridgehead atoms. The summed E-state index contributed by atoms with van der Waals surface area (Å²) in [6.07, 6.45) is 1.42. The van der Waals surface area contributed by atoms with Crippen LogP contribution in [0.4, 0.5) is 10.1 Å². The van der Waals surface area contributed by atoms with Crippen LogP contribution in [0.15, 0.2) is 48.5 Å². The molecule has 3 aromatic rings. The highest BCUT2D eigenvalue weighted by Crippen LogP contribution is 2.45. The van der Waals surface area contributed by atoms with Gasteiger partial charge in [0.1, 0.15) is 11.6 Å². The van der Waals surface area contributed by atoms with Crippen molar-refractivity contribution >= 4 is 11.7 Å². The zero-order valence-corrected chi connectivity index (χ0v) is 27.2. The number of piperidine rings is 1. The number of hydrogen-bond acceptors (Lipinski definition) is 6. The molecule has 0 amide bonds. The topological polar surface area (TPSA) is 81.1 Å². The van der Waals surface area contributed by atoms with Crippen molar-refractivity contribution in [2.75, 3.05) is 31.2 Å². The highest BCUT2D eigenvalue weighted by molar-refractivity contribution is 5.88.